The number of piperidine rings is 1. The lowest BCUT2D eigenvalue weighted by Crippen LogP contribution is -2.47. The first-order valence-corrected chi connectivity index (χ1v) is 9.31. The molecule has 0 saturated carbocycles. The largest absolute Gasteiger partial charge is 0.389 e. The first-order chi connectivity index (χ1) is 11.7. The van der Waals surface area contributed by atoms with Gasteiger partial charge in [0.05, 0.1) is 25.4 Å². The molecule has 2 fully saturated rings. The van der Waals surface area contributed by atoms with E-state index in [1.165, 1.54) is 18.4 Å². The lowest BCUT2D eigenvalue weighted by Gasteiger charge is -2.41. The van der Waals surface area contributed by atoms with E-state index in [0.29, 0.717) is 19.8 Å². The van der Waals surface area contributed by atoms with Gasteiger partial charge in [-0.1, -0.05) is 37.3 Å². The molecule has 0 radical (unpaired) electrons. The Bertz CT molecular complexity index is 489. The van der Waals surface area contributed by atoms with Crippen LogP contribution in [0.5, 0.6) is 0 Å². The van der Waals surface area contributed by atoms with Crippen molar-refractivity contribution in [3.63, 3.8) is 0 Å². The Hall–Kier alpha value is -0.940. The third-order valence-corrected chi connectivity index (χ3v) is 5.35. The number of benzene rings is 1. The van der Waals surface area contributed by atoms with Crippen LogP contribution in [0.1, 0.15) is 38.2 Å². The van der Waals surface area contributed by atoms with Gasteiger partial charge < -0.3 is 14.6 Å². The quantitative estimate of drug-likeness (QED) is 0.833. The van der Waals surface area contributed by atoms with E-state index < -0.39 is 6.10 Å². The summed E-state index contributed by atoms with van der Waals surface area (Å²) in [6.07, 6.45) is 4.40. The number of rotatable bonds is 7. The third-order valence-electron chi connectivity index (χ3n) is 5.35. The maximum Gasteiger partial charge on any atom is 0.0900 e. The van der Waals surface area contributed by atoms with Crippen LogP contribution in [0, 0.1) is 0 Å². The Morgan fingerprint density at radius 2 is 2.17 bits per heavy atom. The molecule has 0 amide bonds. The van der Waals surface area contributed by atoms with Crippen molar-refractivity contribution in [1.29, 1.82) is 0 Å². The van der Waals surface area contributed by atoms with Gasteiger partial charge in [0.15, 0.2) is 0 Å². The summed E-state index contributed by atoms with van der Waals surface area (Å²) in [5, 5.41) is 10.3. The summed E-state index contributed by atoms with van der Waals surface area (Å²) in [7, 11) is 0. The van der Waals surface area contributed by atoms with Crippen LogP contribution in [0.2, 0.25) is 0 Å². The first-order valence-electron chi connectivity index (χ1n) is 9.31. The van der Waals surface area contributed by atoms with Gasteiger partial charge in [0.1, 0.15) is 0 Å². The zero-order valence-electron chi connectivity index (χ0n) is 14.8. The summed E-state index contributed by atoms with van der Waals surface area (Å²) in [4.78, 5) is 2.39. The van der Waals surface area contributed by atoms with Gasteiger partial charge >= 0.3 is 0 Å². The Morgan fingerprint density at radius 1 is 1.33 bits per heavy atom. The van der Waals surface area contributed by atoms with Crippen molar-refractivity contribution in [2.24, 2.45) is 0 Å². The molecule has 0 aliphatic carbocycles. The maximum atomic E-state index is 10.3. The Balaban J connectivity index is 1.44. The highest BCUT2D eigenvalue weighted by Crippen LogP contribution is 2.33. The van der Waals surface area contributed by atoms with Gasteiger partial charge in [-0.05, 0) is 37.8 Å². The van der Waals surface area contributed by atoms with Crippen LogP contribution in [-0.4, -0.2) is 61.7 Å². The Kier molecular flexibility index (Phi) is 6.28. The summed E-state index contributed by atoms with van der Waals surface area (Å²) in [5.74, 6) is 0. The summed E-state index contributed by atoms with van der Waals surface area (Å²) < 4.78 is 11.2. The number of nitrogens with zero attached hydrogens (tertiary/aromatic N) is 1. The molecule has 3 unspecified atom stereocenters. The molecular weight excluding hydrogens is 302 g/mol. The Morgan fingerprint density at radius 3 is 2.92 bits per heavy atom. The molecule has 2 saturated heterocycles. The first kappa shape index (κ1) is 17.9. The zero-order valence-corrected chi connectivity index (χ0v) is 14.8. The average molecular weight is 333 g/mol. The van der Waals surface area contributed by atoms with Gasteiger partial charge in [-0.2, -0.15) is 0 Å². The average Bonchev–Trinajstić information content (AvgIpc) is 3.09. The van der Waals surface area contributed by atoms with Crippen molar-refractivity contribution in [3.8, 4) is 0 Å². The summed E-state index contributed by atoms with van der Waals surface area (Å²) in [6, 6.07) is 10.8. The van der Waals surface area contributed by atoms with Crippen molar-refractivity contribution in [2.45, 2.75) is 50.2 Å². The predicted molar refractivity (Wildman–Crippen MR) is 95.3 cm³/mol. The molecular formula is C20H31NO3. The number of likely N-dealkylation sites (tertiary alicyclic amines) is 1. The van der Waals surface area contributed by atoms with E-state index in [1.807, 2.05) is 0 Å². The second kappa shape index (κ2) is 8.43. The van der Waals surface area contributed by atoms with Crippen molar-refractivity contribution < 1.29 is 14.6 Å². The molecule has 2 aliphatic rings. The third kappa shape index (κ3) is 4.79. The van der Waals surface area contributed by atoms with E-state index in [-0.39, 0.29) is 11.5 Å². The van der Waals surface area contributed by atoms with Crippen LogP contribution in [0.15, 0.2) is 30.3 Å². The van der Waals surface area contributed by atoms with Gasteiger partial charge in [-0.3, -0.25) is 4.90 Å². The summed E-state index contributed by atoms with van der Waals surface area (Å²) in [6.45, 7) is 6.95. The fourth-order valence-electron chi connectivity index (χ4n) is 4.04. The number of aliphatic hydroxyl groups excluding tert-OH is 1. The second-order valence-corrected chi connectivity index (χ2v) is 7.59. The van der Waals surface area contributed by atoms with Gasteiger partial charge in [-0.15, -0.1) is 0 Å². The number of hydrogen-bond acceptors (Lipinski definition) is 4. The molecule has 1 aromatic rings. The van der Waals surface area contributed by atoms with Crippen LogP contribution in [0.3, 0.4) is 0 Å². The monoisotopic (exact) mass is 333 g/mol. The van der Waals surface area contributed by atoms with Crippen molar-refractivity contribution in [1.82, 2.24) is 4.90 Å². The van der Waals surface area contributed by atoms with E-state index in [9.17, 15) is 5.11 Å². The number of aliphatic hydroxyl groups is 1. The molecule has 3 rings (SSSR count). The van der Waals surface area contributed by atoms with Gasteiger partial charge in [0.2, 0.25) is 0 Å². The van der Waals surface area contributed by atoms with Gasteiger partial charge in [0, 0.05) is 25.1 Å². The SMILES string of the molecule is CC1(c2ccccc2)CCCN(CC(O)COCC2CCCO2)C1. The molecule has 0 spiro atoms. The van der Waals surface area contributed by atoms with Crippen LogP contribution in [0.25, 0.3) is 0 Å². The van der Waals surface area contributed by atoms with E-state index in [2.05, 4.69) is 42.2 Å². The highest BCUT2D eigenvalue weighted by atomic mass is 16.5. The fraction of sp³-hybridized carbons (Fsp3) is 0.700. The summed E-state index contributed by atoms with van der Waals surface area (Å²) >= 11 is 0. The molecule has 2 aliphatic heterocycles. The lowest BCUT2D eigenvalue weighted by atomic mass is 9.76. The maximum absolute atomic E-state index is 10.3. The Labute approximate surface area is 145 Å². The topological polar surface area (TPSA) is 41.9 Å². The number of hydrogen-bond donors (Lipinski definition) is 1. The van der Waals surface area contributed by atoms with E-state index >= 15 is 0 Å². The molecule has 3 atom stereocenters. The molecule has 4 nitrogen and oxygen atoms in total. The van der Waals surface area contributed by atoms with Gasteiger partial charge in [0.25, 0.3) is 0 Å². The molecule has 0 bridgehead atoms. The molecule has 1 aromatic carbocycles. The minimum Gasteiger partial charge on any atom is -0.389 e. The smallest absolute Gasteiger partial charge is 0.0900 e. The normalized spacial score (nSPS) is 29.7. The zero-order chi connectivity index (χ0) is 16.8. The van der Waals surface area contributed by atoms with Gasteiger partial charge in [-0.25, -0.2) is 0 Å². The highest BCUT2D eigenvalue weighted by molar-refractivity contribution is 5.25. The van der Waals surface area contributed by atoms with E-state index in [4.69, 9.17) is 9.47 Å². The minimum atomic E-state index is -0.426. The summed E-state index contributed by atoms with van der Waals surface area (Å²) in [5.41, 5.74) is 1.58. The molecule has 4 heteroatoms. The molecule has 2 heterocycles. The second-order valence-electron chi connectivity index (χ2n) is 7.59. The molecule has 1 N–H and O–H groups in total. The van der Waals surface area contributed by atoms with E-state index in [1.54, 1.807) is 0 Å². The minimum absolute atomic E-state index is 0.178. The fourth-order valence-corrected chi connectivity index (χ4v) is 4.04. The molecule has 24 heavy (non-hydrogen) atoms. The number of β-amino-alcohol motifs (C(OH)–C–C–N with tert-alkyl or cyclic N) is 1. The van der Waals surface area contributed by atoms with Crippen LogP contribution >= 0.6 is 0 Å². The highest BCUT2D eigenvalue weighted by Gasteiger charge is 2.33. The molecule has 0 aromatic heterocycles. The van der Waals surface area contributed by atoms with Crippen molar-refractivity contribution in [3.05, 3.63) is 35.9 Å². The lowest BCUT2D eigenvalue weighted by molar-refractivity contribution is -0.0287. The van der Waals surface area contributed by atoms with Crippen LogP contribution < -0.4 is 0 Å². The standard InChI is InChI=1S/C20H31NO3/c1-20(17-7-3-2-4-8-17)10-6-11-21(16-20)13-18(22)14-23-15-19-9-5-12-24-19/h2-4,7-8,18-19,22H,5-6,9-16H2,1H3. The van der Waals surface area contributed by atoms with Crippen molar-refractivity contribution >= 4 is 0 Å². The predicted octanol–water partition coefficient (Wildman–Crippen LogP) is 2.60. The van der Waals surface area contributed by atoms with E-state index in [0.717, 1.165) is 32.5 Å². The molecule has 134 valence electrons. The number of ether oxygens (including phenoxy) is 2. The van der Waals surface area contributed by atoms with Crippen LogP contribution in [-0.2, 0) is 14.9 Å². The van der Waals surface area contributed by atoms with Crippen molar-refractivity contribution in [2.75, 3.05) is 39.5 Å². The van der Waals surface area contributed by atoms with Crippen LogP contribution in [0.4, 0.5) is 0 Å².